The molecule has 0 aliphatic carbocycles. The summed E-state index contributed by atoms with van der Waals surface area (Å²) < 4.78 is 0. The number of hydrogen-bond donors (Lipinski definition) is 3. The van der Waals surface area contributed by atoms with Crippen molar-refractivity contribution >= 4 is 17.7 Å². The lowest BCUT2D eigenvalue weighted by Gasteiger charge is -2.12. The first-order chi connectivity index (χ1) is 8.58. The summed E-state index contributed by atoms with van der Waals surface area (Å²) in [5.41, 5.74) is 0.165. The van der Waals surface area contributed by atoms with E-state index in [-0.39, 0.29) is 23.8 Å². The second-order valence-corrected chi connectivity index (χ2v) is 3.44. The van der Waals surface area contributed by atoms with E-state index >= 15 is 0 Å². The molecule has 0 spiro atoms. The Kier molecular flexibility index (Phi) is 4.79. The molecule has 3 N–H and O–H groups in total. The Morgan fingerprint density at radius 3 is 2.67 bits per heavy atom. The van der Waals surface area contributed by atoms with Crippen LogP contribution in [0.25, 0.3) is 0 Å². The SMILES string of the molecule is C=CCC(Nc1ccc(C(=O)NC)nn1)C(=O)O. The Morgan fingerprint density at radius 2 is 2.22 bits per heavy atom. The molecule has 7 nitrogen and oxygen atoms in total. The van der Waals surface area contributed by atoms with Crippen LogP contribution in [0.4, 0.5) is 5.82 Å². The molecule has 0 bridgehead atoms. The molecule has 0 saturated carbocycles. The van der Waals surface area contributed by atoms with Crippen molar-refractivity contribution in [3.8, 4) is 0 Å². The van der Waals surface area contributed by atoms with E-state index in [4.69, 9.17) is 5.11 Å². The van der Waals surface area contributed by atoms with Gasteiger partial charge in [-0.15, -0.1) is 16.8 Å². The first-order valence-corrected chi connectivity index (χ1v) is 5.24. The first kappa shape index (κ1) is 13.6. The van der Waals surface area contributed by atoms with E-state index in [1.807, 2.05) is 0 Å². The maximum absolute atomic E-state index is 11.2. The standard InChI is InChI=1S/C11H14N4O3/c1-3-4-8(11(17)18)13-9-6-5-7(14-15-9)10(16)12-2/h3,5-6,8H,1,4H2,2H3,(H,12,16)(H,13,15)(H,17,18). The molecule has 1 amide bonds. The van der Waals surface area contributed by atoms with E-state index in [1.54, 1.807) is 0 Å². The summed E-state index contributed by atoms with van der Waals surface area (Å²) in [7, 11) is 1.49. The van der Waals surface area contributed by atoms with Gasteiger partial charge in [-0.3, -0.25) is 4.79 Å². The third-order valence-electron chi connectivity index (χ3n) is 2.15. The van der Waals surface area contributed by atoms with Gasteiger partial charge in [0.15, 0.2) is 5.69 Å². The highest BCUT2D eigenvalue weighted by Gasteiger charge is 2.16. The molecule has 0 fully saturated rings. The molecule has 1 atom stereocenters. The molecular weight excluding hydrogens is 236 g/mol. The summed E-state index contributed by atoms with van der Waals surface area (Å²) in [6, 6.07) is 2.14. The Morgan fingerprint density at radius 1 is 1.50 bits per heavy atom. The van der Waals surface area contributed by atoms with Gasteiger partial charge in [0.05, 0.1) is 0 Å². The average Bonchev–Trinajstić information content (AvgIpc) is 2.38. The molecule has 0 saturated heterocycles. The van der Waals surface area contributed by atoms with Crippen LogP contribution in [0.15, 0.2) is 24.8 Å². The minimum absolute atomic E-state index is 0.165. The summed E-state index contributed by atoms with van der Waals surface area (Å²) in [4.78, 5) is 22.1. The summed E-state index contributed by atoms with van der Waals surface area (Å²) in [5.74, 6) is -1.07. The van der Waals surface area contributed by atoms with Gasteiger partial charge in [-0.2, -0.15) is 0 Å². The number of carbonyl (C=O) groups excluding carboxylic acids is 1. The zero-order chi connectivity index (χ0) is 13.5. The second-order valence-electron chi connectivity index (χ2n) is 3.44. The quantitative estimate of drug-likeness (QED) is 0.626. The molecule has 96 valence electrons. The molecular formula is C11H14N4O3. The fourth-order valence-electron chi connectivity index (χ4n) is 1.23. The molecule has 1 aromatic rings. The predicted molar refractivity (Wildman–Crippen MR) is 65.3 cm³/mol. The lowest BCUT2D eigenvalue weighted by atomic mass is 10.2. The number of aliphatic carboxylic acids is 1. The van der Waals surface area contributed by atoms with Gasteiger partial charge in [0.1, 0.15) is 11.9 Å². The highest BCUT2D eigenvalue weighted by Crippen LogP contribution is 2.06. The fourth-order valence-corrected chi connectivity index (χ4v) is 1.23. The van der Waals surface area contributed by atoms with Crippen LogP contribution in [0.1, 0.15) is 16.9 Å². The van der Waals surface area contributed by atoms with Crippen LogP contribution < -0.4 is 10.6 Å². The van der Waals surface area contributed by atoms with E-state index in [0.29, 0.717) is 0 Å². The van der Waals surface area contributed by atoms with Gasteiger partial charge >= 0.3 is 5.97 Å². The third kappa shape index (κ3) is 3.55. The van der Waals surface area contributed by atoms with Crippen LogP contribution in [-0.2, 0) is 4.79 Å². The number of anilines is 1. The van der Waals surface area contributed by atoms with Crippen molar-refractivity contribution < 1.29 is 14.7 Å². The zero-order valence-electron chi connectivity index (χ0n) is 9.88. The average molecular weight is 250 g/mol. The molecule has 18 heavy (non-hydrogen) atoms. The van der Waals surface area contributed by atoms with Crippen LogP contribution in [-0.4, -0.2) is 40.3 Å². The van der Waals surface area contributed by atoms with Gasteiger partial charge in [-0.1, -0.05) is 6.08 Å². The van der Waals surface area contributed by atoms with Crippen molar-refractivity contribution in [2.24, 2.45) is 0 Å². The fraction of sp³-hybridized carbons (Fsp3) is 0.273. The van der Waals surface area contributed by atoms with Crippen LogP contribution in [0.3, 0.4) is 0 Å². The minimum Gasteiger partial charge on any atom is -0.480 e. The van der Waals surface area contributed by atoms with Crippen molar-refractivity contribution in [1.82, 2.24) is 15.5 Å². The van der Waals surface area contributed by atoms with Gasteiger partial charge in [0.25, 0.3) is 5.91 Å². The van der Waals surface area contributed by atoms with Gasteiger partial charge in [0.2, 0.25) is 0 Å². The molecule has 1 heterocycles. The number of nitrogens with one attached hydrogen (secondary N) is 2. The smallest absolute Gasteiger partial charge is 0.326 e. The maximum Gasteiger partial charge on any atom is 0.326 e. The van der Waals surface area contributed by atoms with Gasteiger partial charge in [0, 0.05) is 7.05 Å². The Balaban J connectivity index is 2.76. The summed E-state index contributed by atoms with van der Waals surface area (Å²) in [6.45, 7) is 3.48. The monoisotopic (exact) mass is 250 g/mol. The number of carbonyl (C=O) groups is 2. The van der Waals surface area contributed by atoms with Gasteiger partial charge < -0.3 is 15.7 Å². The van der Waals surface area contributed by atoms with Crippen molar-refractivity contribution in [2.75, 3.05) is 12.4 Å². The first-order valence-electron chi connectivity index (χ1n) is 5.24. The molecule has 1 unspecified atom stereocenters. The van der Waals surface area contributed by atoms with E-state index < -0.39 is 12.0 Å². The van der Waals surface area contributed by atoms with E-state index in [0.717, 1.165) is 0 Å². The minimum atomic E-state index is -1.01. The molecule has 0 radical (unpaired) electrons. The van der Waals surface area contributed by atoms with Crippen LogP contribution in [0.2, 0.25) is 0 Å². The normalized spacial score (nSPS) is 11.4. The highest BCUT2D eigenvalue weighted by molar-refractivity contribution is 5.91. The number of aromatic nitrogens is 2. The third-order valence-corrected chi connectivity index (χ3v) is 2.15. The molecule has 1 rings (SSSR count). The van der Waals surface area contributed by atoms with Crippen LogP contribution >= 0.6 is 0 Å². The number of hydrogen-bond acceptors (Lipinski definition) is 5. The van der Waals surface area contributed by atoms with E-state index in [9.17, 15) is 9.59 Å². The predicted octanol–water partition coefficient (Wildman–Crippen LogP) is 0.277. The Labute approximate surface area is 104 Å². The van der Waals surface area contributed by atoms with Crippen molar-refractivity contribution in [3.05, 3.63) is 30.5 Å². The van der Waals surface area contributed by atoms with Crippen molar-refractivity contribution in [3.63, 3.8) is 0 Å². The topological polar surface area (TPSA) is 104 Å². The number of nitrogens with zero attached hydrogens (tertiary/aromatic N) is 2. The number of carboxylic acids is 1. The molecule has 1 aromatic heterocycles. The maximum atomic E-state index is 11.2. The number of carboxylic acid groups (broad SMARTS) is 1. The summed E-state index contributed by atoms with van der Waals surface area (Å²) in [6.07, 6.45) is 1.76. The molecule has 7 heteroatoms. The van der Waals surface area contributed by atoms with Crippen LogP contribution in [0, 0.1) is 0 Å². The van der Waals surface area contributed by atoms with Gasteiger partial charge in [-0.25, -0.2) is 4.79 Å². The summed E-state index contributed by atoms with van der Waals surface area (Å²) >= 11 is 0. The Hall–Kier alpha value is -2.44. The highest BCUT2D eigenvalue weighted by atomic mass is 16.4. The molecule has 0 aliphatic heterocycles. The Bertz CT molecular complexity index is 444. The number of rotatable bonds is 6. The van der Waals surface area contributed by atoms with Gasteiger partial charge in [-0.05, 0) is 18.6 Å². The lowest BCUT2D eigenvalue weighted by Crippen LogP contribution is -2.29. The number of amides is 1. The van der Waals surface area contributed by atoms with Crippen molar-refractivity contribution in [2.45, 2.75) is 12.5 Å². The van der Waals surface area contributed by atoms with E-state index in [2.05, 4.69) is 27.4 Å². The summed E-state index contributed by atoms with van der Waals surface area (Å²) in [5, 5.41) is 21.4. The molecule has 0 aliphatic rings. The zero-order valence-corrected chi connectivity index (χ0v) is 9.88. The lowest BCUT2D eigenvalue weighted by molar-refractivity contribution is -0.137. The van der Waals surface area contributed by atoms with Crippen LogP contribution in [0.5, 0.6) is 0 Å². The van der Waals surface area contributed by atoms with E-state index in [1.165, 1.54) is 25.3 Å². The second kappa shape index (κ2) is 6.33. The largest absolute Gasteiger partial charge is 0.480 e. The molecule has 0 aromatic carbocycles. The van der Waals surface area contributed by atoms with Crippen molar-refractivity contribution in [1.29, 1.82) is 0 Å².